The van der Waals surface area contributed by atoms with Gasteiger partial charge in [-0.1, -0.05) is 29.0 Å². The average Bonchev–Trinajstić information content (AvgIpc) is 3.25. The second kappa shape index (κ2) is 9.05. The van der Waals surface area contributed by atoms with E-state index in [1.807, 2.05) is 12.1 Å². The number of amides is 1. The number of thiazole rings is 1. The maximum atomic E-state index is 13.4. The van der Waals surface area contributed by atoms with Gasteiger partial charge in [-0.3, -0.25) is 24.0 Å². The topological polar surface area (TPSA) is 90.2 Å². The molecule has 0 unspecified atom stereocenters. The number of hydrogen-bond acceptors (Lipinski definition) is 7. The highest BCUT2D eigenvalue weighted by Crippen LogP contribution is 2.39. The molecule has 3 aromatic heterocycles. The van der Waals surface area contributed by atoms with Crippen molar-refractivity contribution in [1.82, 2.24) is 19.5 Å². The Kier molecular flexibility index (Phi) is 6.20. The largest absolute Gasteiger partial charge is 0.494 e. The number of rotatable bonds is 6. The SMILES string of the molecule is COc1ccc(Cl)c2sc(N(Cc3ccccn3)C(=O)Cn3cnc(C)c(C)c3=O)nc12. The lowest BCUT2D eigenvalue weighted by atomic mass is 10.2. The minimum absolute atomic E-state index is 0.180. The van der Waals surface area contributed by atoms with E-state index in [-0.39, 0.29) is 24.6 Å². The first-order valence-electron chi connectivity index (χ1n) is 9.75. The van der Waals surface area contributed by atoms with Crippen LogP contribution >= 0.6 is 22.9 Å². The van der Waals surface area contributed by atoms with Crippen molar-refractivity contribution < 1.29 is 9.53 Å². The Morgan fingerprint density at radius 1 is 1.22 bits per heavy atom. The van der Waals surface area contributed by atoms with Gasteiger partial charge in [0, 0.05) is 17.5 Å². The van der Waals surface area contributed by atoms with Crippen molar-refractivity contribution in [3.63, 3.8) is 0 Å². The summed E-state index contributed by atoms with van der Waals surface area (Å²) in [6.07, 6.45) is 3.05. The van der Waals surface area contributed by atoms with Gasteiger partial charge in [-0.2, -0.15) is 0 Å². The Morgan fingerprint density at radius 3 is 2.75 bits per heavy atom. The van der Waals surface area contributed by atoms with E-state index in [0.29, 0.717) is 43.1 Å². The number of carbonyl (C=O) groups is 1. The van der Waals surface area contributed by atoms with Crippen LogP contribution in [-0.2, 0) is 17.9 Å². The van der Waals surface area contributed by atoms with Crippen LogP contribution in [0.2, 0.25) is 5.02 Å². The molecule has 0 spiro atoms. The van der Waals surface area contributed by atoms with Crippen LogP contribution in [0.5, 0.6) is 5.75 Å². The summed E-state index contributed by atoms with van der Waals surface area (Å²) in [6.45, 7) is 3.46. The lowest BCUT2D eigenvalue weighted by Gasteiger charge is -2.20. The fourth-order valence-corrected chi connectivity index (χ4v) is 4.43. The highest BCUT2D eigenvalue weighted by atomic mass is 35.5. The third-order valence-electron chi connectivity index (χ3n) is 5.07. The Bertz CT molecular complexity index is 1350. The second-order valence-electron chi connectivity index (χ2n) is 7.11. The molecule has 0 aliphatic rings. The van der Waals surface area contributed by atoms with Crippen molar-refractivity contribution in [3.8, 4) is 5.75 Å². The van der Waals surface area contributed by atoms with Crippen molar-refractivity contribution in [2.75, 3.05) is 12.0 Å². The Hall–Kier alpha value is -3.30. The van der Waals surface area contributed by atoms with Gasteiger partial charge in [-0.15, -0.1) is 0 Å². The van der Waals surface area contributed by atoms with E-state index >= 15 is 0 Å². The van der Waals surface area contributed by atoms with Gasteiger partial charge in [0.25, 0.3) is 5.56 Å². The van der Waals surface area contributed by atoms with Crippen molar-refractivity contribution in [2.45, 2.75) is 26.9 Å². The van der Waals surface area contributed by atoms with E-state index in [2.05, 4.69) is 15.0 Å². The summed E-state index contributed by atoms with van der Waals surface area (Å²) in [5.74, 6) is 0.240. The third kappa shape index (κ3) is 4.21. The molecule has 164 valence electrons. The number of anilines is 1. The summed E-state index contributed by atoms with van der Waals surface area (Å²) in [5, 5.41) is 0.955. The lowest BCUT2D eigenvalue weighted by Crippen LogP contribution is -2.37. The maximum absolute atomic E-state index is 13.4. The zero-order valence-electron chi connectivity index (χ0n) is 17.7. The number of aryl methyl sites for hydroxylation is 1. The van der Waals surface area contributed by atoms with E-state index in [0.717, 1.165) is 0 Å². The second-order valence-corrected chi connectivity index (χ2v) is 8.50. The van der Waals surface area contributed by atoms with Crippen LogP contribution in [-0.4, -0.2) is 32.5 Å². The van der Waals surface area contributed by atoms with E-state index in [4.69, 9.17) is 16.3 Å². The van der Waals surface area contributed by atoms with E-state index in [1.54, 1.807) is 45.4 Å². The standard InChI is InChI=1S/C22H20ClN5O3S/c1-13-14(2)25-12-27(21(13)30)11-18(29)28(10-15-6-4-5-9-24-15)22-26-19-17(31-3)8-7-16(23)20(19)32-22/h4-9,12H,10-11H2,1-3H3. The van der Waals surface area contributed by atoms with Crippen molar-refractivity contribution in [1.29, 1.82) is 0 Å². The minimum atomic E-state index is -0.322. The molecule has 8 nitrogen and oxygen atoms in total. The molecule has 4 aromatic rings. The molecule has 1 amide bonds. The van der Waals surface area contributed by atoms with Gasteiger partial charge in [0.15, 0.2) is 5.13 Å². The summed E-state index contributed by atoms with van der Waals surface area (Å²) in [5.41, 5.74) is 2.15. The molecule has 3 heterocycles. The van der Waals surface area contributed by atoms with Gasteiger partial charge in [-0.05, 0) is 38.1 Å². The molecule has 0 N–H and O–H groups in total. The summed E-state index contributed by atoms with van der Waals surface area (Å²) < 4.78 is 7.42. The molecular weight excluding hydrogens is 450 g/mol. The fourth-order valence-electron chi connectivity index (χ4n) is 3.16. The first kappa shape index (κ1) is 21.9. The van der Waals surface area contributed by atoms with E-state index in [9.17, 15) is 9.59 Å². The molecule has 0 atom stereocenters. The number of halogens is 1. The van der Waals surface area contributed by atoms with Gasteiger partial charge in [-0.25, -0.2) is 9.97 Å². The number of ether oxygens (including phenoxy) is 1. The monoisotopic (exact) mass is 469 g/mol. The molecule has 1 aromatic carbocycles. The molecule has 0 aliphatic carbocycles. The Balaban J connectivity index is 1.76. The molecule has 10 heteroatoms. The number of aromatic nitrogens is 4. The number of nitrogens with zero attached hydrogens (tertiary/aromatic N) is 5. The van der Waals surface area contributed by atoms with Gasteiger partial charge in [0.1, 0.15) is 17.8 Å². The number of fused-ring (bicyclic) bond motifs is 1. The van der Waals surface area contributed by atoms with Gasteiger partial charge in [0.05, 0.1) is 35.4 Å². The predicted octanol–water partition coefficient (Wildman–Crippen LogP) is 3.76. The van der Waals surface area contributed by atoms with E-state index in [1.165, 1.54) is 27.1 Å². The van der Waals surface area contributed by atoms with Crippen LogP contribution < -0.4 is 15.2 Å². The van der Waals surface area contributed by atoms with E-state index < -0.39 is 0 Å². The zero-order valence-corrected chi connectivity index (χ0v) is 19.3. The van der Waals surface area contributed by atoms with Crippen molar-refractivity contribution >= 4 is 44.2 Å². The molecule has 0 radical (unpaired) electrons. The average molecular weight is 470 g/mol. The number of benzene rings is 1. The summed E-state index contributed by atoms with van der Waals surface area (Å²) in [7, 11) is 1.55. The van der Waals surface area contributed by atoms with Crippen LogP contribution in [0.15, 0.2) is 47.7 Å². The highest BCUT2D eigenvalue weighted by molar-refractivity contribution is 7.23. The molecule has 0 fully saturated rings. The lowest BCUT2D eigenvalue weighted by molar-refractivity contribution is -0.119. The molecular formula is C22H20ClN5O3S. The first-order valence-corrected chi connectivity index (χ1v) is 10.9. The molecule has 32 heavy (non-hydrogen) atoms. The van der Waals surface area contributed by atoms with Gasteiger partial charge in [0.2, 0.25) is 5.91 Å². The molecule has 0 saturated heterocycles. The quantitative estimate of drug-likeness (QED) is 0.427. The smallest absolute Gasteiger partial charge is 0.256 e. The molecule has 0 saturated carbocycles. The summed E-state index contributed by atoms with van der Waals surface area (Å²) in [6, 6.07) is 8.94. The van der Waals surface area contributed by atoms with Crippen LogP contribution in [0.25, 0.3) is 10.2 Å². The van der Waals surface area contributed by atoms with Gasteiger partial charge >= 0.3 is 0 Å². The first-order chi connectivity index (χ1) is 15.4. The Morgan fingerprint density at radius 2 is 2.03 bits per heavy atom. The van der Waals surface area contributed by atoms with Crippen molar-refractivity contribution in [2.24, 2.45) is 0 Å². The fraction of sp³-hybridized carbons (Fsp3) is 0.227. The van der Waals surface area contributed by atoms with Crippen LogP contribution in [0.3, 0.4) is 0 Å². The molecule has 4 rings (SSSR count). The van der Waals surface area contributed by atoms with Crippen LogP contribution in [0.4, 0.5) is 5.13 Å². The van der Waals surface area contributed by atoms with Crippen LogP contribution in [0, 0.1) is 13.8 Å². The normalized spacial score (nSPS) is 11.0. The van der Waals surface area contributed by atoms with Crippen molar-refractivity contribution in [3.05, 3.63) is 75.2 Å². The summed E-state index contributed by atoms with van der Waals surface area (Å²) >= 11 is 7.65. The summed E-state index contributed by atoms with van der Waals surface area (Å²) in [4.78, 5) is 40.7. The number of pyridine rings is 1. The van der Waals surface area contributed by atoms with Gasteiger partial charge < -0.3 is 4.74 Å². The minimum Gasteiger partial charge on any atom is -0.494 e. The zero-order chi connectivity index (χ0) is 22.8. The highest BCUT2D eigenvalue weighted by Gasteiger charge is 2.23. The predicted molar refractivity (Wildman–Crippen MR) is 125 cm³/mol. The number of hydrogen-bond donors (Lipinski definition) is 0. The van der Waals surface area contributed by atoms with Crippen LogP contribution in [0.1, 0.15) is 17.0 Å². The number of methoxy groups -OCH3 is 1. The molecule has 0 bridgehead atoms. The Labute approximate surface area is 193 Å². The maximum Gasteiger partial charge on any atom is 0.256 e. The number of carbonyl (C=O) groups excluding carboxylic acids is 1. The third-order valence-corrected chi connectivity index (χ3v) is 6.60. The molecule has 0 aliphatic heterocycles.